The number of rotatable bonds is 1. The quantitative estimate of drug-likeness (QED) is 0.645. The van der Waals surface area contributed by atoms with E-state index in [2.05, 4.69) is 6.07 Å². The summed E-state index contributed by atoms with van der Waals surface area (Å²) >= 11 is 0. The zero-order valence-electron chi connectivity index (χ0n) is 7.34. The summed E-state index contributed by atoms with van der Waals surface area (Å²) in [5.41, 5.74) is -0.965. The number of aliphatic hydroxyl groups is 1. The van der Waals surface area contributed by atoms with E-state index < -0.39 is 5.60 Å². The summed E-state index contributed by atoms with van der Waals surface area (Å²) in [6.45, 7) is 0. The van der Waals surface area contributed by atoms with Gasteiger partial charge in [0.25, 0.3) is 0 Å². The van der Waals surface area contributed by atoms with Gasteiger partial charge in [-0.2, -0.15) is 5.26 Å². The van der Waals surface area contributed by atoms with Gasteiger partial charge in [0.05, 0.1) is 17.1 Å². The van der Waals surface area contributed by atoms with Crippen molar-refractivity contribution in [2.45, 2.75) is 50.5 Å². The standard InChI is InChI=1S/C10H15NO/c11-8-9(6-7-9)10(12)4-2-1-3-5-10/h12H,1-7H2. The lowest BCUT2D eigenvalue weighted by Gasteiger charge is -2.36. The van der Waals surface area contributed by atoms with Gasteiger partial charge in [0.2, 0.25) is 0 Å². The number of nitriles is 1. The lowest BCUT2D eigenvalue weighted by atomic mass is 9.74. The average Bonchev–Trinajstić information content (AvgIpc) is 2.86. The van der Waals surface area contributed by atoms with Gasteiger partial charge in [-0.05, 0) is 25.7 Å². The first kappa shape index (κ1) is 8.07. The molecule has 0 aliphatic heterocycles. The Morgan fingerprint density at radius 1 is 1.00 bits per heavy atom. The van der Waals surface area contributed by atoms with Gasteiger partial charge in [0.15, 0.2) is 0 Å². The van der Waals surface area contributed by atoms with E-state index in [1.54, 1.807) is 0 Å². The van der Waals surface area contributed by atoms with E-state index in [4.69, 9.17) is 5.26 Å². The first-order chi connectivity index (χ1) is 5.72. The zero-order chi connectivity index (χ0) is 8.66. The molecule has 0 radical (unpaired) electrons. The van der Waals surface area contributed by atoms with Crippen LogP contribution in [-0.4, -0.2) is 10.7 Å². The van der Waals surface area contributed by atoms with Gasteiger partial charge < -0.3 is 5.11 Å². The second-order valence-electron chi connectivity index (χ2n) is 4.29. The van der Waals surface area contributed by atoms with Crippen molar-refractivity contribution in [1.29, 1.82) is 5.26 Å². The summed E-state index contributed by atoms with van der Waals surface area (Å²) < 4.78 is 0. The molecular weight excluding hydrogens is 150 g/mol. The topological polar surface area (TPSA) is 44.0 Å². The minimum atomic E-state index is -0.625. The van der Waals surface area contributed by atoms with Crippen LogP contribution in [0.25, 0.3) is 0 Å². The Morgan fingerprint density at radius 3 is 2.00 bits per heavy atom. The van der Waals surface area contributed by atoms with Gasteiger partial charge in [0, 0.05) is 0 Å². The molecule has 0 amide bonds. The van der Waals surface area contributed by atoms with Crippen LogP contribution in [0.5, 0.6) is 0 Å². The minimum Gasteiger partial charge on any atom is -0.388 e. The van der Waals surface area contributed by atoms with Crippen LogP contribution in [0.3, 0.4) is 0 Å². The Balaban J connectivity index is 2.14. The molecule has 2 heteroatoms. The summed E-state index contributed by atoms with van der Waals surface area (Å²) in [6, 6.07) is 2.31. The van der Waals surface area contributed by atoms with Gasteiger partial charge in [-0.1, -0.05) is 19.3 Å². The van der Waals surface area contributed by atoms with Crippen LogP contribution < -0.4 is 0 Å². The van der Waals surface area contributed by atoms with Crippen LogP contribution in [0.15, 0.2) is 0 Å². The first-order valence-electron chi connectivity index (χ1n) is 4.86. The van der Waals surface area contributed by atoms with Crippen molar-refractivity contribution >= 4 is 0 Å². The highest BCUT2D eigenvalue weighted by molar-refractivity contribution is 5.20. The van der Waals surface area contributed by atoms with E-state index in [-0.39, 0.29) is 5.41 Å². The normalized spacial score (nSPS) is 30.7. The lowest BCUT2D eigenvalue weighted by molar-refractivity contribution is -0.0414. The number of nitrogens with zero attached hydrogens (tertiary/aromatic N) is 1. The molecule has 2 aliphatic rings. The highest BCUT2D eigenvalue weighted by Crippen LogP contribution is 2.58. The molecule has 2 rings (SSSR count). The molecule has 0 spiro atoms. The van der Waals surface area contributed by atoms with Gasteiger partial charge >= 0.3 is 0 Å². The smallest absolute Gasteiger partial charge is 0.0861 e. The summed E-state index contributed by atoms with van der Waals surface area (Å²) in [5.74, 6) is 0. The van der Waals surface area contributed by atoms with Crippen LogP contribution >= 0.6 is 0 Å². The molecule has 0 heterocycles. The lowest BCUT2D eigenvalue weighted by Crippen LogP contribution is -2.40. The van der Waals surface area contributed by atoms with E-state index in [1.165, 1.54) is 6.42 Å². The molecule has 66 valence electrons. The SMILES string of the molecule is N#CC1(C2(O)CCCCC2)CC1. The summed E-state index contributed by atoms with van der Waals surface area (Å²) in [6.07, 6.45) is 6.95. The minimum absolute atomic E-state index is 0.340. The molecule has 12 heavy (non-hydrogen) atoms. The number of hydrogen-bond acceptors (Lipinski definition) is 2. The van der Waals surface area contributed by atoms with E-state index in [1.807, 2.05) is 0 Å². The van der Waals surface area contributed by atoms with Crippen LogP contribution in [0.4, 0.5) is 0 Å². The molecule has 2 nitrogen and oxygen atoms in total. The van der Waals surface area contributed by atoms with Crippen molar-refractivity contribution in [2.24, 2.45) is 5.41 Å². The highest BCUT2D eigenvalue weighted by atomic mass is 16.3. The second-order valence-corrected chi connectivity index (χ2v) is 4.29. The molecule has 2 saturated carbocycles. The van der Waals surface area contributed by atoms with E-state index in [0.717, 1.165) is 38.5 Å². The third-order valence-electron chi connectivity index (χ3n) is 3.54. The van der Waals surface area contributed by atoms with Crippen molar-refractivity contribution in [1.82, 2.24) is 0 Å². The molecule has 2 fully saturated rings. The average molecular weight is 165 g/mol. The van der Waals surface area contributed by atoms with Crippen molar-refractivity contribution < 1.29 is 5.11 Å². The monoisotopic (exact) mass is 165 g/mol. The Hall–Kier alpha value is -0.550. The fourth-order valence-electron chi connectivity index (χ4n) is 2.42. The van der Waals surface area contributed by atoms with Crippen LogP contribution in [0.1, 0.15) is 44.9 Å². The maximum absolute atomic E-state index is 10.2. The van der Waals surface area contributed by atoms with Crippen molar-refractivity contribution in [3.63, 3.8) is 0 Å². The molecule has 0 aromatic carbocycles. The molecule has 2 aliphatic carbocycles. The van der Waals surface area contributed by atoms with E-state index in [9.17, 15) is 5.11 Å². The summed E-state index contributed by atoms with van der Waals surface area (Å²) in [7, 11) is 0. The predicted octanol–water partition coefficient (Wildman–Crippen LogP) is 1.99. The van der Waals surface area contributed by atoms with Gasteiger partial charge in [0.1, 0.15) is 0 Å². The van der Waals surface area contributed by atoms with Crippen LogP contribution in [0.2, 0.25) is 0 Å². The molecule has 0 saturated heterocycles. The Bertz CT molecular complexity index is 218. The molecule has 0 unspecified atom stereocenters. The van der Waals surface area contributed by atoms with Gasteiger partial charge in [-0.25, -0.2) is 0 Å². The Morgan fingerprint density at radius 2 is 1.58 bits per heavy atom. The summed E-state index contributed by atoms with van der Waals surface area (Å²) in [4.78, 5) is 0. The van der Waals surface area contributed by atoms with Crippen molar-refractivity contribution in [2.75, 3.05) is 0 Å². The fraction of sp³-hybridized carbons (Fsp3) is 0.900. The fourth-order valence-corrected chi connectivity index (χ4v) is 2.42. The Labute approximate surface area is 73.2 Å². The highest BCUT2D eigenvalue weighted by Gasteiger charge is 2.59. The Kier molecular flexibility index (Phi) is 1.66. The summed E-state index contributed by atoms with van der Waals surface area (Å²) in [5, 5.41) is 19.2. The van der Waals surface area contributed by atoms with E-state index in [0.29, 0.717) is 0 Å². The second kappa shape index (κ2) is 2.47. The maximum Gasteiger partial charge on any atom is 0.0861 e. The maximum atomic E-state index is 10.2. The van der Waals surface area contributed by atoms with Crippen LogP contribution in [0, 0.1) is 16.7 Å². The van der Waals surface area contributed by atoms with Crippen molar-refractivity contribution in [3.8, 4) is 6.07 Å². The largest absolute Gasteiger partial charge is 0.388 e. The molecule has 0 aromatic rings. The van der Waals surface area contributed by atoms with E-state index >= 15 is 0 Å². The molecule has 0 aromatic heterocycles. The van der Waals surface area contributed by atoms with Gasteiger partial charge in [-0.3, -0.25) is 0 Å². The third kappa shape index (κ3) is 0.964. The van der Waals surface area contributed by atoms with Gasteiger partial charge in [-0.15, -0.1) is 0 Å². The first-order valence-corrected chi connectivity index (χ1v) is 4.86. The molecule has 0 atom stereocenters. The predicted molar refractivity (Wildman–Crippen MR) is 45.3 cm³/mol. The molecular formula is C10H15NO. The molecule has 1 N–H and O–H groups in total. The zero-order valence-corrected chi connectivity index (χ0v) is 7.34. The number of hydrogen-bond donors (Lipinski definition) is 1. The van der Waals surface area contributed by atoms with Crippen molar-refractivity contribution in [3.05, 3.63) is 0 Å². The third-order valence-corrected chi connectivity index (χ3v) is 3.54. The molecule has 0 bridgehead atoms. The van der Waals surface area contributed by atoms with Crippen LogP contribution in [-0.2, 0) is 0 Å².